The SMILES string of the molecule is CC(C)(C)OC(=O)OC(C)(C)C.O=CO. The average molecular weight is 220 g/mol. The van der Waals surface area contributed by atoms with Crippen molar-refractivity contribution in [3.05, 3.63) is 0 Å². The van der Waals surface area contributed by atoms with Crippen molar-refractivity contribution < 1.29 is 24.2 Å². The first-order valence-corrected chi connectivity index (χ1v) is 4.51. The largest absolute Gasteiger partial charge is 0.509 e. The highest BCUT2D eigenvalue weighted by molar-refractivity contribution is 5.61. The normalized spacial score (nSPS) is 10.8. The van der Waals surface area contributed by atoms with Crippen LogP contribution >= 0.6 is 0 Å². The number of hydrogen-bond donors (Lipinski definition) is 1. The van der Waals surface area contributed by atoms with Gasteiger partial charge in [0, 0.05) is 0 Å². The zero-order chi connectivity index (χ0) is 12.7. The Morgan fingerprint density at radius 1 is 1.00 bits per heavy atom. The molecule has 0 spiro atoms. The quantitative estimate of drug-likeness (QED) is 0.501. The molecule has 0 saturated heterocycles. The number of hydrogen-bond acceptors (Lipinski definition) is 4. The zero-order valence-corrected chi connectivity index (χ0v) is 10.2. The Labute approximate surface area is 90.4 Å². The van der Waals surface area contributed by atoms with Crippen LogP contribution in [-0.4, -0.2) is 28.9 Å². The minimum absolute atomic E-state index is 0.250. The van der Waals surface area contributed by atoms with Crippen molar-refractivity contribution in [3.63, 3.8) is 0 Å². The van der Waals surface area contributed by atoms with Crippen LogP contribution in [0.15, 0.2) is 0 Å². The second-order valence-corrected chi connectivity index (χ2v) is 4.78. The van der Waals surface area contributed by atoms with E-state index in [9.17, 15) is 4.79 Å². The summed E-state index contributed by atoms with van der Waals surface area (Å²) in [5, 5.41) is 6.89. The molecule has 0 aromatic carbocycles. The monoisotopic (exact) mass is 220 g/mol. The third kappa shape index (κ3) is 19.2. The smallest absolute Gasteiger partial charge is 0.483 e. The van der Waals surface area contributed by atoms with Crippen LogP contribution in [0.3, 0.4) is 0 Å². The van der Waals surface area contributed by atoms with E-state index in [-0.39, 0.29) is 6.47 Å². The Bertz CT molecular complexity index is 179. The van der Waals surface area contributed by atoms with E-state index in [1.54, 1.807) is 41.5 Å². The molecular formula is C10H20O5. The van der Waals surface area contributed by atoms with Gasteiger partial charge in [0.25, 0.3) is 6.47 Å². The molecule has 0 heterocycles. The van der Waals surface area contributed by atoms with Gasteiger partial charge in [-0.05, 0) is 41.5 Å². The van der Waals surface area contributed by atoms with E-state index in [4.69, 9.17) is 19.4 Å². The van der Waals surface area contributed by atoms with E-state index in [2.05, 4.69) is 0 Å². The van der Waals surface area contributed by atoms with E-state index in [0.29, 0.717) is 0 Å². The average Bonchev–Trinajstić information content (AvgIpc) is 1.77. The van der Waals surface area contributed by atoms with Gasteiger partial charge in [-0.3, -0.25) is 4.79 Å². The van der Waals surface area contributed by atoms with Gasteiger partial charge in [-0.1, -0.05) is 0 Å². The van der Waals surface area contributed by atoms with Gasteiger partial charge >= 0.3 is 6.16 Å². The molecule has 5 heteroatoms. The van der Waals surface area contributed by atoms with Gasteiger partial charge in [-0.15, -0.1) is 0 Å². The third-order valence-electron chi connectivity index (χ3n) is 0.779. The molecule has 0 atom stereocenters. The van der Waals surface area contributed by atoms with Crippen LogP contribution < -0.4 is 0 Å². The molecule has 1 N–H and O–H groups in total. The summed E-state index contributed by atoms with van der Waals surface area (Å²) in [6.45, 7) is 10.6. The van der Waals surface area contributed by atoms with Crippen molar-refractivity contribution in [1.82, 2.24) is 0 Å². The summed E-state index contributed by atoms with van der Waals surface area (Å²) in [4.78, 5) is 19.4. The Morgan fingerprint density at radius 3 is 1.33 bits per heavy atom. The van der Waals surface area contributed by atoms with Crippen LogP contribution in [0.25, 0.3) is 0 Å². The summed E-state index contributed by atoms with van der Waals surface area (Å²) in [7, 11) is 0. The van der Waals surface area contributed by atoms with Crippen LogP contribution in [0.5, 0.6) is 0 Å². The first kappa shape index (κ1) is 16.2. The Morgan fingerprint density at radius 2 is 1.20 bits per heavy atom. The molecule has 0 rings (SSSR count). The molecule has 0 unspecified atom stereocenters. The minimum Gasteiger partial charge on any atom is -0.483 e. The molecule has 0 aliphatic rings. The molecule has 0 radical (unpaired) electrons. The van der Waals surface area contributed by atoms with Gasteiger partial charge in [-0.2, -0.15) is 0 Å². The van der Waals surface area contributed by atoms with Crippen molar-refractivity contribution in [3.8, 4) is 0 Å². The number of carbonyl (C=O) groups is 2. The van der Waals surface area contributed by atoms with E-state index in [0.717, 1.165) is 0 Å². The second-order valence-electron chi connectivity index (χ2n) is 4.78. The van der Waals surface area contributed by atoms with Crippen molar-refractivity contribution in [2.24, 2.45) is 0 Å². The maximum absolute atomic E-state index is 11.0. The van der Waals surface area contributed by atoms with E-state index in [1.165, 1.54) is 0 Å². The van der Waals surface area contributed by atoms with Crippen LogP contribution in [0.4, 0.5) is 4.79 Å². The molecule has 0 aromatic heterocycles. The number of rotatable bonds is 0. The third-order valence-corrected chi connectivity index (χ3v) is 0.779. The van der Waals surface area contributed by atoms with Gasteiger partial charge in [-0.25, -0.2) is 4.79 Å². The predicted molar refractivity (Wildman–Crippen MR) is 55.8 cm³/mol. The van der Waals surface area contributed by atoms with Gasteiger partial charge in [0.1, 0.15) is 11.2 Å². The summed E-state index contributed by atoms with van der Waals surface area (Å²) in [5.74, 6) is 0. The van der Waals surface area contributed by atoms with Gasteiger partial charge in [0.2, 0.25) is 0 Å². The Kier molecular flexibility index (Phi) is 6.76. The van der Waals surface area contributed by atoms with Crippen LogP contribution in [0.1, 0.15) is 41.5 Å². The lowest BCUT2D eigenvalue weighted by Crippen LogP contribution is -2.30. The maximum atomic E-state index is 11.0. The lowest BCUT2D eigenvalue weighted by atomic mass is 10.2. The minimum atomic E-state index is -0.616. The lowest BCUT2D eigenvalue weighted by Gasteiger charge is -2.24. The molecule has 0 aliphatic heterocycles. The molecule has 0 saturated carbocycles. The van der Waals surface area contributed by atoms with Crippen LogP contribution in [0, 0.1) is 0 Å². The van der Waals surface area contributed by atoms with E-state index < -0.39 is 17.4 Å². The standard InChI is InChI=1S/C9H18O3.CH2O2/c1-8(2,3)11-7(10)12-9(4,5)6;2-1-3/h1-6H3;1H,(H,2,3). The van der Waals surface area contributed by atoms with Gasteiger partial charge in [0.05, 0.1) is 0 Å². The summed E-state index contributed by atoms with van der Waals surface area (Å²) in [6.07, 6.45) is -0.616. The fourth-order valence-corrected chi connectivity index (χ4v) is 0.521. The molecular weight excluding hydrogens is 200 g/mol. The highest BCUT2D eigenvalue weighted by Crippen LogP contribution is 2.13. The highest BCUT2D eigenvalue weighted by Gasteiger charge is 2.22. The molecule has 5 nitrogen and oxygen atoms in total. The molecule has 15 heavy (non-hydrogen) atoms. The van der Waals surface area contributed by atoms with E-state index >= 15 is 0 Å². The molecule has 90 valence electrons. The van der Waals surface area contributed by atoms with E-state index in [1.807, 2.05) is 0 Å². The second kappa shape index (κ2) is 6.27. The number of carbonyl (C=O) groups excluding carboxylic acids is 1. The molecule has 0 amide bonds. The summed E-state index contributed by atoms with van der Waals surface area (Å²) < 4.78 is 9.91. The number of carboxylic acid groups (broad SMARTS) is 1. The van der Waals surface area contributed by atoms with Gasteiger partial charge < -0.3 is 14.6 Å². The molecule has 0 aliphatic carbocycles. The van der Waals surface area contributed by atoms with Crippen molar-refractivity contribution in [2.45, 2.75) is 52.7 Å². The lowest BCUT2D eigenvalue weighted by molar-refractivity contribution is -0.122. The first-order chi connectivity index (χ1) is 6.52. The predicted octanol–water partition coefficient (Wildman–Crippen LogP) is 2.44. The molecule has 0 bridgehead atoms. The van der Waals surface area contributed by atoms with Crippen LogP contribution in [0.2, 0.25) is 0 Å². The fraction of sp³-hybridized carbons (Fsp3) is 0.800. The van der Waals surface area contributed by atoms with Crippen molar-refractivity contribution >= 4 is 12.6 Å². The van der Waals surface area contributed by atoms with Crippen molar-refractivity contribution in [2.75, 3.05) is 0 Å². The zero-order valence-electron chi connectivity index (χ0n) is 10.2. The van der Waals surface area contributed by atoms with Crippen LogP contribution in [-0.2, 0) is 14.3 Å². The first-order valence-electron chi connectivity index (χ1n) is 4.51. The summed E-state index contributed by atoms with van der Waals surface area (Å²) in [5.41, 5.74) is -0.968. The molecule has 0 aromatic rings. The maximum Gasteiger partial charge on any atom is 0.509 e. The van der Waals surface area contributed by atoms with Gasteiger partial charge in [0.15, 0.2) is 0 Å². The Balaban J connectivity index is 0. The molecule has 0 fully saturated rings. The number of ether oxygens (including phenoxy) is 2. The Hall–Kier alpha value is -1.26. The summed E-state index contributed by atoms with van der Waals surface area (Å²) >= 11 is 0. The van der Waals surface area contributed by atoms with Crippen molar-refractivity contribution in [1.29, 1.82) is 0 Å². The summed E-state index contributed by atoms with van der Waals surface area (Å²) in [6, 6.07) is 0. The highest BCUT2D eigenvalue weighted by atomic mass is 16.7. The fourth-order valence-electron chi connectivity index (χ4n) is 0.521. The topological polar surface area (TPSA) is 72.8 Å².